The molecule has 2 amide bonds. The van der Waals surface area contributed by atoms with E-state index in [1.165, 1.54) is 11.3 Å². The van der Waals surface area contributed by atoms with E-state index in [4.69, 9.17) is 11.6 Å². The molecule has 158 valence electrons. The van der Waals surface area contributed by atoms with Crippen molar-refractivity contribution in [1.82, 2.24) is 20.1 Å². The van der Waals surface area contributed by atoms with Crippen LogP contribution in [0, 0.1) is 6.92 Å². The van der Waals surface area contributed by atoms with Crippen LogP contribution in [0.2, 0.25) is 5.02 Å². The van der Waals surface area contributed by atoms with Gasteiger partial charge in [-0.25, -0.2) is 0 Å². The summed E-state index contributed by atoms with van der Waals surface area (Å²) in [6.45, 7) is 2.77. The Labute approximate surface area is 188 Å². The number of thiophene rings is 1. The normalized spacial score (nSPS) is 10.9. The van der Waals surface area contributed by atoms with E-state index in [0.717, 1.165) is 21.5 Å². The summed E-state index contributed by atoms with van der Waals surface area (Å²) in [6.07, 6.45) is 3.38. The van der Waals surface area contributed by atoms with Gasteiger partial charge in [-0.15, -0.1) is 11.3 Å². The van der Waals surface area contributed by atoms with E-state index in [1.54, 1.807) is 24.5 Å². The van der Waals surface area contributed by atoms with Crippen molar-refractivity contribution in [3.63, 3.8) is 0 Å². The fourth-order valence-corrected chi connectivity index (χ4v) is 4.33. The van der Waals surface area contributed by atoms with Crippen LogP contribution in [0.5, 0.6) is 0 Å². The third-order valence-corrected chi connectivity index (χ3v) is 6.06. The maximum Gasteiger partial charge on any atom is 0.261 e. The Hall–Kier alpha value is -3.23. The van der Waals surface area contributed by atoms with E-state index in [9.17, 15) is 9.59 Å². The summed E-state index contributed by atoms with van der Waals surface area (Å²) in [5, 5.41) is 11.8. The molecule has 0 aliphatic heterocycles. The van der Waals surface area contributed by atoms with Crippen molar-refractivity contribution in [2.24, 2.45) is 0 Å². The third-order valence-electron chi connectivity index (χ3n) is 4.66. The minimum Gasteiger partial charge on any atom is -0.351 e. The van der Waals surface area contributed by atoms with Crippen LogP contribution < -0.4 is 10.6 Å². The molecule has 4 aromatic rings. The number of nitrogens with zero attached hydrogens (tertiary/aromatic N) is 3. The second-order valence-corrected chi connectivity index (χ2v) is 8.46. The van der Waals surface area contributed by atoms with Crippen molar-refractivity contribution >= 4 is 50.7 Å². The first-order valence-electron chi connectivity index (χ1n) is 9.69. The van der Waals surface area contributed by atoms with Gasteiger partial charge in [0.25, 0.3) is 5.91 Å². The number of aromatic nitrogens is 3. The van der Waals surface area contributed by atoms with Gasteiger partial charge in [-0.1, -0.05) is 23.7 Å². The number of rotatable bonds is 7. The van der Waals surface area contributed by atoms with Gasteiger partial charge in [-0.3, -0.25) is 19.3 Å². The molecule has 1 aromatic carbocycles. The van der Waals surface area contributed by atoms with Gasteiger partial charge in [0, 0.05) is 29.6 Å². The zero-order valence-electron chi connectivity index (χ0n) is 16.8. The van der Waals surface area contributed by atoms with Crippen molar-refractivity contribution in [1.29, 1.82) is 0 Å². The summed E-state index contributed by atoms with van der Waals surface area (Å²) >= 11 is 7.35. The van der Waals surface area contributed by atoms with Gasteiger partial charge < -0.3 is 10.6 Å². The predicted molar refractivity (Wildman–Crippen MR) is 123 cm³/mol. The van der Waals surface area contributed by atoms with Gasteiger partial charge in [0.2, 0.25) is 5.91 Å². The molecule has 0 radical (unpaired) electrons. The van der Waals surface area contributed by atoms with E-state index in [0.29, 0.717) is 22.1 Å². The molecule has 0 unspecified atom stereocenters. The molecule has 0 aliphatic rings. The number of hydrogen-bond acceptors (Lipinski definition) is 5. The number of hydrogen-bond donors (Lipinski definition) is 2. The van der Waals surface area contributed by atoms with E-state index < -0.39 is 0 Å². The van der Waals surface area contributed by atoms with Crippen LogP contribution in [0.15, 0.2) is 54.9 Å². The molecule has 9 heteroatoms. The number of carbonyl (C=O) groups is 2. The van der Waals surface area contributed by atoms with Crippen LogP contribution in [0.1, 0.15) is 27.3 Å². The Morgan fingerprint density at radius 1 is 1.19 bits per heavy atom. The fourth-order valence-electron chi connectivity index (χ4n) is 3.13. The maximum atomic E-state index is 12.6. The number of nitrogens with one attached hydrogen (secondary N) is 2. The highest BCUT2D eigenvalue weighted by Gasteiger charge is 2.16. The lowest BCUT2D eigenvalue weighted by Crippen LogP contribution is -2.27. The quantitative estimate of drug-likeness (QED) is 0.437. The Balaban J connectivity index is 1.38. The number of anilines is 1. The predicted octanol–water partition coefficient (Wildman–Crippen LogP) is 4.26. The molecule has 0 bridgehead atoms. The second kappa shape index (κ2) is 9.28. The SMILES string of the molecule is Cc1nn(Cc2ccc(Cl)cc2)c2sc(C(=O)NCCC(=O)Nc3cccnc3)cc12. The van der Waals surface area contributed by atoms with Gasteiger partial charge in [0.1, 0.15) is 4.83 Å². The van der Waals surface area contributed by atoms with E-state index in [-0.39, 0.29) is 24.8 Å². The van der Waals surface area contributed by atoms with Crippen LogP contribution in [-0.2, 0) is 11.3 Å². The van der Waals surface area contributed by atoms with Crippen LogP contribution >= 0.6 is 22.9 Å². The number of amides is 2. The van der Waals surface area contributed by atoms with Crippen molar-refractivity contribution in [3.8, 4) is 0 Å². The number of benzene rings is 1. The van der Waals surface area contributed by atoms with E-state index in [1.807, 2.05) is 41.9 Å². The first-order valence-corrected chi connectivity index (χ1v) is 10.9. The maximum absolute atomic E-state index is 12.6. The van der Waals surface area contributed by atoms with Crippen LogP contribution in [0.4, 0.5) is 5.69 Å². The zero-order chi connectivity index (χ0) is 21.8. The number of aryl methyl sites for hydroxylation is 1. The highest BCUT2D eigenvalue weighted by molar-refractivity contribution is 7.20. The Morgan fingerprint density at radius 2 is 2.00 bits per heavy atom. The molecule has 3 heterocycles. The minimum absolute atomic E-state index is 0.175. The van der Waals surface area contributed by atoms with Gasteiger partial charge in [0.05, 0.1) is 29.0 Å². The second-order valence-electron chi connectivity index (χ2n) is 6.99. The standard InChI is InChI=1S/C22H20ClN5O2S/c1-14-18-11-19(21(30)25-10-8-20(29)26-17-3-2-9-24-12-17)31-22(18)28(27-14)13-15-4-6-16(23)7-5-15/h2-7,9,11-12H,8,10,13H2,1H3,(H,25,30)(H,26,29). The Morgan fingerprint density at radius 3 is 2.74 bits per heavy atom. The fraction of sp³-hybridized carbons (Fsp3) is 0.182. The van der Waals surface area contributed by atoms with Gasteiger partial charge >= 0.3 is 0 Å². The molecule has 4 rings (SSSR count). The van der Waals surface area contributed by atoms with Crippen LogP contribution in [0.25, 0.3) is 10.2 Å². The smallest absolute Gasteiger partial charge is 0.261 e. The highest BCUT2D eigenvalue weighted by atomic mass is 35.5. The van der Waals surface area contributed by atoms with Gasteiger partial charge in [0.15, 0.2) is 0 Å². The average Bonchev–Trinajstić information content (AvgIpc) is 3.32. The first kappa shape index (κ1) is 21.0. The zero-order valence-corrected chi connectivity index (χ0v) is 18.3. The average molecular weight is 454 g/mol. The highest BCUT2D eigenvalue weighted by Crippen LogP contribution is 2.29. The van der Waals surface area contributed by atoms with Crippen LogP contribution in [0.3, 0.4) is 0 Å². The molecule has 0 aliphatic carbocycles. The lowest BCUT2D eigenvalue weighted by Gasteiger charge is -2.06. The summed E-state index contributed by atoms with van der Waals surface area (Å²) in [7, 11) is 0. The number of carbonyl (C=O) groups excluding carboxylic acids is 2. The summed E-state index contributed by atoms with van der Waals surface area (Å²) < 4.78 is 1.90. The summed E-state index contributed by atoms with van der Waals surface area (Å²) in [5.41, 5.74) is 2.58. The molecule has 0 fully saturated rings. The Kier molecular flexibility index (Phi) is 6.29. The Bertz CT molecular complexity index is 1220. The summed E-state index contributed by atoms with van der Waals surface area (Å²) in [5.74, 6) is -0.382. The van der Waals surface area contributed by atoms with Crippen LogP contribution in [-0.4, -0.2) is 33.1 Å². The van der Waals surface area contributed by atoms with Crippen molar-refractivity contribution in [3.05, 3.63) is 76.0 Å². The molecule has 0 atom stereocenters. The lowest BCUT2D eigenvalue weighted by molar-refractivity contribution is -0.116. The van der Waals surface area contributed by atoms with Gasteiger partial charge in [-0.2, -0.15) is 5.10 Å². The number of pyridine rings is 1. The van der Waals surface area contributed by atoms with Crippen molar-refractivity contribution < 1.29 is 9.59 Å². The van der Waals surface area contributed by atoms with Gasteiger partial charge in [-0.05, 0) is 42.8 Å². The molecule has 31 heavy (non-hydrogen) atoms. The largest absolute Gasteiger partial charge is 0.351 e. The van der Waals surface area contributed by atoms with E-state index >= 15 is 0 Å². The third kappa shape index (κ3) is 5.10. The molecular weight excluding hydrogens is 434 g/mol. The monoisotopic (exact) mass is 453 g/mol. The van der Waals surface area contributed by atoms with E-state index in [2.05, 4.69) is 20.7 Å². The lowest BCUT2D eigenvalue weighted by atomic mass is 10.2. The van der Waals surface area contributed by atoms with Crippen molar-refractivity contribution in [2.75, 3.05) is 11.9 Å². The molecule has 7 nitrogen and oxygen atoms in total. The molecule has 2 N–H and O–H groups in total. The topological polar surface area (TPSA) is 88.9 Å². The molecular formula is C22H20ClN5O2S. The number of halogens is 1. The first-order chi connectivity index (χ1) is 15.0. The molecule has 0 spiro atoms. The molecule has 0 saturated heterocycles. The molecule has 3 aromatic heterocycles. The number of fused-ring (bicyclic) bond motifs is 1. The van der Waals surface area contributed by atoms with Crippen molar-refractivity contribution in [2.45, 2.75) is 19.9 Å². The minimum atomic E-state index is -0.201. The summed E-state index contributed by atoms with van der Waals surface area (Å²) in [4.78, 5) is 30.1. The summed E-state index contributed by atoms with van der Waals surface area (Å²) in [6, 6.07) is 13.0. The molecule has 0 saturated carbocycles.